The average Bonchev–Trinajstić information content (AvgIpc) is 2.16. The van der Waals surface area contributed by atoms with Gasteiger partial charge in [0.05, 0.1) is 10.5 Å². The SMILES string of the molecule is Cc1cc(S(=O)(=O)N(C)C)ccc1C(=O)O. The van der Waals surface area contributed by atoms with Crippen LogP contribution in [-0.2, 0) is 10.0 Å². The van der Waals surface area contributed by atoms with E-state index in [0.717, 1.165) is 4.31 Å². The third-order valence-corrected chi connectivity index (χ3v) is 4.02. The molecule has 6 heteroatoms. The molecule has 0 aliphatic carbocycles. The molecule has 0 saturated heterocycles. The minimum Gasteiger partial charge on any atom is -0.478 e. The van der Waals surface area contributed by atoms with E-state index in [1.807, 2.05) is 0 Å². The summed E-state index contributed by atoms with van der Waals surface area (Å²) in [5.74, 6) is -1.06. The molecule has 1 N–H and O–H groups in total. The number of hydrogen-bond acceptors (Lipinski definition) is 3. The van der Waals surface area contributed by atoms with Crippen LogP contribution in [0.1, 0.15) is 15.9 Å². The topological polar surface area (TPSA) is 74.7 Å². The van der Waals surface area contributed by atoms with Crippen LogP contribution in [0.15, 0.2) is 23.1 Å². The van der Waals surface area contributed by atoms with Gasteiger partial charge in [0.1, 0.15) is 0 Å². The second kappa shape index (κ2) is 4.23. The van der Waals surface area contributed by atoms with Crippen LogP contribution in [0.5, 0.6) is 0 Å². The van der Waals surface area contributed by atoms with Gasteiger partial charge in [0.25, 0.3) is 0 Å². The third kappa shape index (κ3) is 2.23. The minimum atomic E-state index is -3.50. The van der Waals surface area contributed by atoms with E-state index in [1.54, 1.807) is 6.92 Å². The molecule has 0 aliphatic heterocycles. The fourth-order valence-corrected chi connectivity index (χ4v) is 2.23. The normalized spacial score (nSPS) is 11.8. The predicted molar refractivity (Wildman–Crippen MR) is 59.0 cm³/mol. The largest absolute Gasteiger partial charge is 0.478 e. The van der Waals surface area contributed by atoms with Crippen LogP contribution < -0.4 is 0 Å². The Balaban J connectivity index is 3.32. The molecule has 5 nitrogen and oxygen atoms in total. The van der Waals surface area contributed by atoms with Gasteiger partial charge in [0, 0.05) is 14.1 Å². The summed E-state index contributed by atoms with van der Waals surface area (Å²) in [6, 6.07) is 3.96. The molecule has 16 heavy (non-hydrogen) atoms. The highest BCUT2D eigenvalue weighted by Crippen LogP contribution is 2.17. The van der Waals surface area contributed by atoms with Crippen molar-refractivity contribution in [3.63, 3.8) is 0 Å². The van der Waals surface area contributed by atoms with E-state index in [-0.39, 0.29) is 10.5 Å². The molecule has 0 aliphatic rings. The Kier molecular flexibility index (Phi) is 3.35. The number of aromatic carboxylic acids is 1. The van der Waals surface area contributed by atoms with Crippen LogP contribution in [0.25, 0.3) is 0 Å². The number of carboxylic acids is 1. The van der Waals surface area contributed by atoms with Crippen LogP contribution in [-0.4, -0.2) is 37.9 Å². The van der Waals surface area contributed by atoms with E-state index >= 15 is 0 Å². The van der Waals surface area contributed by atoms with Crippen molar-refractivity contribution in [2.24, 2.45) is 0 Å². The van der Waals surface area contributed by atoms with Crippen molar-refractivity contribution in [3.05, 3.63) is 29.3 Å². The molecule has 0 fully saturated rings. The summed E-state index contributed by atoms with van der Waals surface area (Å²) >= 11 is 0. The molecule has 0 heterocycles. The van der Waals surface area contributed by atoms with Crippen molar-refractivity contribution < 1.29 is 18.3 Å². The van der Waals surface area contributed by atoms with Gasteiger partial charge in [-0.1, -0.05) is 0 Å². The van der Waals surface area contributed by atoms with E-state index in [9.17, 15) is 13.2 Å². The molecule has 0 spiro atoms. The highest BCUT2D eigenvalue weighted by molar-refractivity contribution is 7.89. The zero-order valence-electron chi connectivity index (χ0n) is 9.26. The first-order valence-electron chi connectivity index (χ1n) is 4.53. The zero-order chi connectivity index (χ0) is 12.5. The maximum atomic E-state index is 11.7. The van der Waals surface area contributed by atoms with Crippen LogP contribution in [0.2, 0.25) is 0 Å². The molecule has 1 aromatic carbocycles. The molecular weight excluding hydrogens is 230 g/mol. The maximum Gasteiger partial charge on any atom is 0.335 e. The molecule has 0 unspecified atom stereocenters. The molecule has 1 aromatic rings. The average molecular weight is 243 g/mol. The number of carboxylic acid groups (broad SMARTS) is 1. The van der Waals surface area contributed by atoms with E-state index in [2.05, 4.69) is 0 Å². The number of nitrogens with zero attached hydrogens (tertiary/aromatic N) is 1. The summed E-state index contributed by atoms with van der Waals surface area (Å²) < 4.78 is 24.6. The van der Waals surface area contributed by atoms with Crippen molar-refractivity contribution >= 4 is 16.0 Å². The molecule has 0 amide bonds. The number of sulfonamides is 1. The summed E-state index contributed by atoms with van der Waals surface area (Å²) in [5, 5.41) is 8.81. The molecule has 0 bridgehead atoms. The molecule has 0 saturated carbocycles. The maximum absolute atomic E-state index is 11.7. The Labute approximate surface area is 94.4 Å². The lowest BCUT2D eigenvalue weighted by Crippen LogP contribution is -2.22. The van der Waals surface area contributed by atoms with E-state index in [0.29, 0.717) is 5.56 Å². The Morgan fingerprint density at radius 1 is 1.31 bits per heavy atom. The first-order chi connectivity index (χ1) is 7.26. The summed E-state index contributed by atoms with van der Waals surface area (Å²) in [4.78, 5) is 10.9. The van der Waals surface area contributed by atoms with E-state index in [1.165, 1.54) is 32.3 Å². The van der Waals surface area contributed by atoms with Gasteiger partial charge in [-0.2, -0.15) is 0 Å². The summed E-state index contributed by atoms with van der Waals surface area (Å²) in [5.41, 5.74) is 0.535. The molecule has 0 atom stereocenters. The first kappa shape index (κ1) is 12.7. The Hall–Kier alpha value is -1.40. The fourth-order valence-electron chi connectivity index (χ4n) is 1.25. The smallest absolute Gasteiger partial charge is 0.335 e. The number of carbonyl (C=O) groups is 1. The van der Waals surface area contributed by atoms with Gasteiger partial charge >= 0.3 is 5.97 Å². The van der Waals surface area contributed by atoms with Crippen LogP contribution in [0.4, 0.5) is 0 Å². The Morgan fingerprint density at radius 2 is 1.88 bits per heavy atom. The number of aryl methyl sites for hydroxylation is 1. The second-order valence-electron chi connectivity index (χ2n) is 3.57. The highest BCUT2D eigenvalue weighted by atomic mass is 32.2. The lowest BCUT2D eigenvalue weighted by Gasteiger charge is -2.12. The van der Waals surface area contributed by atoms with Crippen molar-refractivity contribution in [1.82, 2.24) is 4.31 Å². The standard InChI is InChI=1S/C10H13NO4S/c1-7-6-8(16(14,15)11(2)3)4-5-9(7)10(12)13/h4-6H,1-3H3,(H,12,13). The van der Waals surface area contributed by atoms with Gasteiger partial charge < -0.3 is 5.11 Å². The van der Waals surface area contributed by atoms with Gasteiger partial charge in [-0.15, -0.1) is 0 Å². The third-order valence-electron chi connectivity index (χ3n) is 2.21. The zero-order valence-corrected chi connectivity index (χ0v) is 10.1. The summed E-state index contributed by atoms with van der Waals surface area (Å²) in [6.07, 6.45) is 0. The van der Waals surface area contributed by atoms with Crippen molar-refractivity contribution in [1.29, 1.82) is 0 Å². The van der Waals surface area contributed by atoms with E-state index < -0.39 is 16.0 Å². The minimum absolute atomic E-state index is 0.0972. The molecule has 0 aromatic heterocycles. The van der Waals surface area contributed by atoms with Gasteiger partial charge in [0.15, 0.2) is 0 Å². The summed E-state index contributed by atoms with van der Waals surface area (Å²) in [7, 11) is -0.649. The highest BCUT2D eigenvalue weighted by Gasteiger charge is 2.18. The monoisotopic (exact) mass is 243 g/mol. The first-order valence-corrected chi connectivity index (χ1v) is 5.97. The lowest BCUT2D eigenvalue weighted by molar-refractivity contribution is 0.0696. The molecular formula is C10H13NO4S. The van der Waals surface area contributed by atoms with Crippen LogP contribution >= 0.6 is 0 Å². The van der Waals surface area contributed by atoms with Crippen molar-refractivity contribution in [2.75, 3.05) is 14.1 Å². The van der Waals surface area contributed by atoms with Gasteiger partial charge in [-0.3, -0.25) is 0 Å². The van der Waals surface area contributed by atoms with E-state index in [4.69, 9.17) is 5.11 Å². The molecule has 0 radical (unpaired) electrons. The Morgan fingerprint density at radius 3 is 2.25 bits per heavy atom. The van der Waals surface area contributed by atoms with Crippen LogP contribution in [0, 0.1) is 6.92 Å². The van der Waals surface area contributed by atoms with Gasteiger partial charge in [-0.05, 0) is 30.7 Å². The summed E-state index contributed by atoms with van der Waals surface area (Å²) in [6.45, 7) is 1.57. The number of benzene rings is 1. The van der Waals surface area contributed by atoms with Gasteiger partial charge in [0.2, 0.25) is 10.0 Å². The lowest BCUT2D eigenvalue weighted by atomic mass is 10.1. The Bertz CT molecular complexity index is 520. The van der Waals surface area contributed by atoms with Gasteiger partial charge in [-0.25, -0.2) is 17.5 Å². The van der Waals surface area contributed by atoms with Crippen LogP contribution in [0.3, 0.4) is 0 Å². The second-order valence-corrected chi connectivity index (χ2v) is 5.72. The molecule has 88 valence electrons. The fraction of sp³-hybridized carbons (Fsp3) is 0.300. The predicted octanol–water partition coefficient (Wildman–Crippen LogP) is 0.944. The molecule has 1 rings (SSSR count). The quantitative estimate of drug-likeness (QED) is 0.857. The van der Waals surface area contributed by atoms with Crippen molar-refractivity contribution in [3.8, 4) is 0 Å². The number of rotatable bonds is 3. The van der Waals surface area contributed by atoms with Crippen molar-refractivity contribution in [2.45, 2.75) is 11.8 Å². The number of hydrogen-bond donors (Lipinski definition) is 1.